The summed E-state index contributed by atoms with van der Waals surface area (Å²) in [5.74, 6) is 0.230. The van der Waals surface area contributed by atoms with Gasteiger partial charge in [-0.2, -0.15) is 0 Å². The number of halogens is 2. The first-order chi connectivity index (χ1) is 17.4. The van der Waals surface area contributed by atoms with Crippen LogP contribution in [0.1, 0.15) is 30.5 Å². The fourth-order valence-corrected chi connectivity index (χ4v) is 5.28. The number of nitrogens with zero attached hydrogens (tertiary/aromatic N) is 2. The molecule has 0 aliphatic carbocycles. The molecule has 3 aromatic carbocycles. The van der Waals surface area contributed by atoms with Gasteiger partial charge in [-0.1, -0.05) is 74.0 Å². The van der Waals surface area contributed by atoms with E-state index in [4.69, 9.17) is 32.9 Å². The fraction of sp³-hybridized carbons (Fsp3) is 0.172. The SMILES string of the molecule is C=CCOc1c(Cl)cc(/C=C2\SC(=Nc3ccc(CC)cc3)N(c3ccc(CC)cc3)C2=O)cc1Cl. The molecule has 4 rings (SSSR count). The van der Waals surface area contributed by atoms with Gasteiger partial charge in [0.15, 0.2) is 10.9 Å². The normalized spacial score (nSPS) is 15.7. The van der Waals surface area contributed by atoms with E-state index in [9.17, 15) is 4.79 Å². The molecule has 4 nitrogen and oxygen atoms in total. The predicted molar refractivity (Wildman–Crippen MR) is 154 cm³/mol. The predicted octanol–water partition coefficient (Wildman–Crippen LogP) is 8.49. The van der Waals surface area contributed by atoms with Gasteiger partial charge in [0.2, 0.25) is 0 Å². The van der Waals surface area contributed by atoms with E-state index in [0.717, 1.165) is 24.2 Å². The van der Waals surface area contributed by atoms with Crippen LogP contribution < -0.4 is 9.64 Å². The molecular formula is C29H26Cl2N2O2S. The Labute approximate surface area is 226 Å². The Kier molecular flexibility index (Phi) is 8.57. The van der Waals surface area contributed by atoms with Gasteiger partial charge in [-0.25, -0.2) is 4.99 Å². The second-order valence-electron chi connectivity index (χ2n) is 8.10. The molecule has 184 valence electrons. The first-order valence-corrected chi connectivity index (χ1v) is 13.2. The van der Waals surface area contributed by atoms with Crippen LogP contribution in [-0.2, 0) is 17.6 Å². The van der Waals surface area contributed by atoms with Crippen molar-refractivity contribution >= 4 is 63.5 Å². The molecule has 1 aliphatic heterocycles. The van der Waals surface area contributed by atoms with Crippen molar-refractivity contribution in [3.8, 4) is 5.75 Å². The second-order valence-corrected chi connectivity index (χ2v) is 9.92. The van der Waals surface area contributed by atoms with Gasteiger partial charge < -0.3 is 4.74 Å². The standard InChI is InChI=1S/C29H26Cl2N2O2S/c1-4-15-35-27-24(30)16-21(17-25(27)31)18-26-28(34)33(23-13-9-20(6-3)10-14-23)29(36-26)32-22-11-7-19(5-2)8-12-22/h4,7-14,16-18H,1,5-6,15H2,2-3H3/b26-18-,32-29?. The molecule has 0 atom stereocenters. The van der Waals surface area contributed by atoms with Crippen molar-refractivity contribution in [2.75, 3.05) is 11.5 Å². The van der Waals surface area contributed by atoms with Gasteiger partial charge in [0.1, 0.15) is 6.61 Å². The molecule has 0 saturated carbocycles. The lowest BCUT2D eigenvalue weighted by molar-refractivity contribution is -0.113. The molecule has 1 saturated heterocycles. The highest BCUT2D eigenvalue weighted by Crippen LogP contribution is 2.39. The van der Waals surface area contributed by atoms with Crippen LogP contribution in [0.5, 0.6) is 5.75 Å². The molecule has 7 heteroatoms. The van der Waals surface area contributed by atoms with Crippen molar-refractivity contribution in [1.29, 1.82) is 0 Å². The first-order valence-electron chi connectivity index (χ1n) is 11.7. The molecule has 1 heterocycles. The van der Waals surface area contributed by atoms with E-state index in [2.05, 4.69) is 32.6 Å². The smallest absolute Gasteiger partial charge is 0.271 e. The van der Waals surface area contributed by atoms with Crippen molar-refractivity contribution in [3.05, 3.63) is 105 Å². The van der Waals surface area contributed by atoms with E-state index in [1.165, 1.54) is 22.9 Å². The number of carbonyl (C=O) groups excluding carboxylic acids is 1. The molecular weight excluding hydrogens is 511 g/mol. The summed E-state index contributed by atoms with van der Waals surface area (Å²) in [5.41, 5.74) is 4.68. The Morgan fingerprint density at radius 2 is 1.56 bits per heavy atom. The van der Waals surface area contributed by atoms with Crippen molar-refractivity contribution in [3.63, 3.8) is 0 Å². The lowest BCUT2D eigenvalue weighted by Crippen LogP contribution is -2.28. The molecule has 0 N–H and O–H groups in total. The summed E-state index contributed by atoms with van der Waals surface area (Å²) in [7, 11) is 0. The number of aliphatic imine (C=N–C) groups is 1. The highest BCUT2D eigenvalue weighted by molar-refractivity contribution is 8.19. The van der Waals surface area contributed by atoms with E-state index in [0.29, 0.717) is 38.0 Å². The zero-order chi connectivity index (χ0) is 25.7. The number of rotatable bonds is 8. The van der Waals surface area contributed by atoms with Gasteiger partial charge in [0, 0.05) is 0 Å². The zero-order valence-corrected chi connectivity index (χ0v) is 22.5. The minimum atomic E-state index is -0.160. The van der Waals surface area contributed by atoms with Gasteiger partial charge >= 0.3 is 0 Å². The summed E-state index contributed by atoms with van der Waals surface area (Å²) >= 11 is 14.1. The number of ether oxygens (including phenoxy) is 1. The van der Waals surface area contributed by atoms with Gasteiger partial charge in [0.05, 0.1) is 26.3 Å². The third kappa shape index (κ3) is 5.86. The topological polar surface area (TPSA) is 41.9 Å². The van der Waals surface area contributed by atoms with Gasteiger partial charge in [-0.3, -0.25) is 9.69 Å². The lowest BCUT2D eigenvalue weighted by atomic mass is 10.1. The first kappa shape index (κ1) is 26.1. The number of thioether (sulfide) groups is 1. The van der Waals surface area contributed by atoms with Gasteiger partial charge in [0.25, 0.3) is 5.91 Å². The molecule has 1 aliphatic rings. The molecule has 3 aromatic rings. The summed E-state index contributed by atoms with van der Waals surface area (Å²) in [5, 5.41) is 1.31. The Morgan fingerprint density at radius 3 is 2.11 bits per heavy atom. The summed E-state index contributed by atoms with van der Waals surface area (Å²) in [6.07, 6.45) is 5.27. The second kappa shape index (κ2) is 11.8. The van der Waals surface area contributed by atoms with Crippen LogP contribution in [0.15, 0.2) is 83.2 Å². The average Bonchev–Trinajstić information content (AvgIpc) is 3.18. The van der Waals surface area contributed by atoms with Crippen molar-refractivity contribution in [1.82, 2.24) is 0 Å². The molecule has 0 aromatic heterocycles. The quantitative estimate of drug-likeness (QED) is 0.214. The Balaban J connectivity index is 1.73. The highest BCUT2D eigenvalue weighted by Gasteiger charge is 2.35. The number of carbonyl (C=O) groups is 1. The number of aryl methyl sites for hydroxylation is 2. The number of hydrogen-bond acceptors (Lipinski definition) is 4. The molecule has 1 fully saturated rings. The van der Waals surface area contributed by atoms with Crippen LogP contribution in [0.25, 0.3) is 6.08 Å². The molecule has 0 spiro atoms. The molecule has 0 unspecified atom stereocenters. The minimum absolute atomic E-state index is 0.160. The summed E-state index contributed by atoms with van der Waals surface area (Å²) in [4.78, 5) is 20.6. The number of amides is 1. The van der Waals surface area contributed by atoms with E-state index in [1.54, 1.807) is 29.2 Å². The van der Waals surface area contributed by atoms with Crippen LogP contribution in [0.4, 0.5) is 11.4 Å². The van der Waals surface area contributed by atoms with E-state index in [1.807, 2.05) is 36.4 Å². The van der Waals surface area contributed by atoms with Gasteiger partial charge in [-0.15, -0.1) is 0 Å². The van der Waals surface area contributed by atoms with Crippen molar-refractivity contribution < 1.29 is 9.53 Å². The number of hydrogen-bond donors (Lipinski definition) is 0. The summed E-state index contributed by atoms with van der Waals surface area (Å²) in [6, 6.07) is 19.5. The monoisotopic (exact) mass is 536 g/mol. The maximum atomic E-state index is 13.6. The molecule has 36 heavy (non-hydrogen) atoms. The van der Waals surface area contributed by atoms with Crippen LogP contribution in [0, 0.1) is 0 Å². The lowest BCUT2D eigenvalue weighted by Gasteiger charge is -2.16. The minimum Gasteiger partial charge on any atom is -0.486 e. The average molecular weight is 538 g/mol. The summed E-state index contributed by atoms with van der Waals surface area (Å²) in [6.45, 7) is 8.14. The van der Waals surface area contributed by atoms with E-state index >= 15 is 0 Å². The van der Waals surface area contributed by atoms with Crippen LogP contribution in [-0.4, -0.2) is 17.7 Å². The third-order valence-corrected chi connectivity index (χ3v) is 7.17. The Bertz CT molecular complexity index is 1310. The zero-order valence-electron chi connectivity index (χ0n) is 20.1. The highest BCUT2D eigenvalue weighted by atomic mass is 35.5. The Hall–Kier alpha value is -2.99. The number of anilines is 1. The third-order valence-electron chi connectivity index (χ3n) is 5.64. The number of amidine groups is 1. The molecule has 0 bridgehead atoms. The van der Waals surface area contributed by atoms with Crippen LogP contribution in [0.3, 0.4) is 0 Å². The van der Waals surface area contributed by atoms with Crippen molar-refractivity contribution in [2.24, 2.45) is 4.99 Å². The fourth-order valence-electron chi connectivity index (χ4n) is 3.67. The maximum Gasteiger partial charge on any atom is 0.271 e. The molecule has 1 amide bonds. The van der Waals surface area contributed by atoms with Crippen LogP contribution in [0.2, 0.25) is 10.0 Å². The van der Waals surface area contributed by atoms with Gasteiger partial charge in [-0.05, 0) is 83.8 Å². The van der Waals surface area contributed by atoms with E-state index in [-0.39, 0.29) is 5.91 Å². The molecule has 0 radical (unpaired) electrons. The van der Waals surface area contributed by atoms with Crippen molar-refractivity contribution in [2.45, 2.75) is 26.7 Å². The largest absolute Gasteiger partial charge is 0.486 e. The Morgan fingerprint density at radius 1 is 0.972 bits per heavy atom. The number of benzene rings is 3. The maximum absolute atomic E-state index is 13.6. The summed E-state index contributed by atoms with van der Waals surface area (Å²) < 4.78 is 5.55. The van der Waals surface area contributed by atoms with E-state index < -0.39 is 0 Å². The van der Waals surface area contributed by atoms with Crippen LogP contribution >= 0.6 is 35.0 Å².